The highest BCUT2D eigenvalue weighted by atomic mass is 16.5. The Labute approximate surface area is 135 Å². The minimum Gasteiger partial charge on any atom is -0.493 e. The van der Waals surface area contributed by atoms with Crippen molar-refractivity contribution < 1.29 is 19.1 Å². The largest absolute Gasteiger partial charge is 0.493 e. The average Bonchev–Trinajstić information content (AvgIpc) is 3.04. The highest BCUT2D eigenvalue weighted by Crippen LogP contribution is 2.30. The lowest BCUT2D eigenvalue weighted by atomic mass is 10.0. The zero-order valence-corrected chi connectivity index (χ0v) is 13.3. The topological polar surface area (TPSA) is 103 Å². The number of rotatable bonds is 8. The van der Waals surface area contributed by atoms with Gasteiger partial charge in [0.1, 0.15) is 0 Å². The summed E-state index contributed by atoms with van der Waals surface area (Å²) >= 11 is 0. The van der Waals surface area contributed by atoms with Crippen LogP contribution >= 0.6 is 0 Å². The van der Waals surface area contributed by atoms with Gasteiger partial charge in [-0.15, -0.1) is 0 Å². The smallest absolute Gasteiger partial charge is 0.255 e. The maximum atomic E-state index is 12.0. The summed E-state index contributed by atoms with van der Waals surface area (Å²) in [6.45, 7) is 1.77. The van der Waals surface area contributed by atoms with Crippen molar-refractivity contribution >= 4 is 17.5 Å². The van der Waals surface area contributed by atoms with Gasteiger partial charge in [0.2, 0.25) is 5.91 Å². The van der Waals surface area contributed by atoms with E-state index < -0.39 is 5.91 Å². The van der Waals surface area contributed by atoms with Crippen LogP contribution in [0.5, 0.6) is 11.5 Å². The van der Waals surface area contributed by atoms with Crippen molar-refractivity contribution in [3.63, 3.8) is 0 Å². The van der Waals surface area contributed by atoms with Gasteiger partial charge < -0.3 is 25.8 Å². The molecule has 1 aliphatic rings. The molecule has 1 fully saturated rings. The van der Waals surface area contributed by atoms with Crippen LogP contribution in [-0.4, -0.2) is 38.6 Å². The minimum absolute atomic E-state index is 0.0390. The number of primary amides is 1. The summed E-state index contributed by atoms with van der Waals surface area (Å²) in [5.74, 6) is 0.797. The molecule has 1 aromatic carbocycles. The Bertz CT molecular complexity index is 556. The van der Waals surface area contributed by atoms with Crippen LogP contribution in [0.2, 0.25) is 0 Å². The summed E-state index contributed by atoms with van der Waals surface area (Å²) in [6, 6.07) is 5.02. The van der Waals surface area contributed by atoms with Crippen LogP contribution in [0.4, 0.5) is 5.69 Å². The molecule has 2 amide bonds. The number of benzene rings is 1. The molecule has 23 heavy (non-hydrogen) atoms. The number of anilines is 1. The van der Waals surface area contributed by atoms with Crippen LogP contribution in [0.1, 0.15) is 19.3 Å². The zero-order chi connectivity index (χ0) is 16.7. The first kappa shape index (κ1) is 17.1. The predicted octanol–water partition coefficient (Wildman–Crippen LogP) is 0.888. The molecule has 1 saturated heterocycles. The molecule has 1 aromatic rings. The Balaban J connectivity index is 1.91. The molecule has 0 aliphatic carbocycles. The second-order valence-electron chi connectivity index (χ2n) is 5.57. The number of hydrogen-bond donors (Lipinski definition) is 3. The van der Waals surface area contributed by atoms with Crippen LogP contribution in [0.3, 0.4) is 0 Å². The Morgan fingerprint density at radius 3 is 2.87 bits per heavy atom. The Kier molecular flexibility index (Phi) is 6.22. The molecular formula is C16H23N3O4. The molecule has 7 nitrogen and oxygen atoms in total. The van der Waals surface area contributed by atoms with Gasteiger partial charge >= 0.3 is 0 Å². The monoisotopic (exact) mass is 321 g/mol. The second-order valence-corrected chi connectivity index (χ2v) is 5.57. The third-order valence-electron chi connectivity index (χ3n) is 3.76. The molecule has 4 N–H and O–H groups in total. The molecule has 0 aromatic heterocycles. The van der Waals surface area contributed by atoms with Gasteiger partial charge in [0.25, 0.3) is 5.91 Å². The number of nitrogens with two attached hydrogens (primary N) is 1. The van der Waals surface area contributed by atoms with Gasteiger partial charge in [-0.1, -0.05) is 0 Å². The predicted molar refractivity (Wildman–Crippen MR) is 86.5 cm³/mol. The molecule has 1 aliphatic heterocycles. The first-order valence-corrected chi connectivity index (χ1v) is 7.68. The number of ether oxygens (including phenoxy) is 2. The Morgan fingerprint density at radius 2 is 2.22 bits per heavy atom. The van der Waals surface area contributed by atoms with E-state index in [4.69, 9.17) is 15.2 Å². The third kappa shape index (κ3) is 5.45. The third-order valence-corrected chi connectivity index (χ3v) is 3.76. The molecule has 7 heteroatoms. The van der Waals surface area contributed by atoms with Gasteiger partial charge in [-0.3, -0.25) is 9.59 Å². The lowest BCUT2D eigenvalue weighted by Gasteiger charge is -2.12. The number of carbonyl (C=O) groups is 2. The number of nitrogens with one attached hydrogen (secondary N) is 2. The van der Waals surface area contributed by atoms with E-state index in [0.717, 1.165) is 25.9 Å². The van der Waals surface area contributed by atoms with Crippen LogP contribution in [0, 0.1) is 5.92 Å². The van der Waals surface area contributed by atoms with Crippen LogP contribution < -0.4 is 25.8 Å². The van der Waals surface area contributed by atoms with Crippen LogP contribution in [0.25, 0.3) is 0 Å². The summed E-state index contributed by atoms with van der Waals surface area (Å²) in [5, 5.41) is 6.12. The highest BCUT2D eigenvalue weighted by Gasteiger charge is 2.16. The average molecular weight is 321 g/mol. The molecule has 1 heterocycles. The summed E-state index contributed by atoms with van der Waals surface area (Å²) in [5.41, 5.74) is 5.67. The molecular weight excluding hydrogens is 298 g/mol. The fourth-order valence-electron chi connectivity index (χ4n) is 2.54. The summed E-state index contributed by atoms with van der Waals surface area (Å²) < 4.78 is 10.4. The molecule has 0 spiro atoms. The molecule has 0 radical (unpaired) electrons. The molecule has 126 valence electrons. The summed E-state index contributed by atoms with van der Waals surface area (Å²) in [7, 11) is 1.50. The minimum atomic E-state index is -0.577. The van der Waals surface area contributed by atoms with Gasteiger partial charge in [0.05, 0.1) is 7.11 Å². The molecule has 0 saturated carbocycles. The Hall–Kier alpha value is -2.28. The standard InChI is InChI=1S/C16H23N3O4/c1-22-13-4-3-12(8-14(13)23-10-15(17)20)19-16(21)5-2-11-6-7-18-9-11/h3-4,8,11,18H,2,5-7,9-10H2,1H3,(H2,17,20)(H,19,21). The lowest BCUT2D eigenvalue weighted by Crippen LogP contribution is -2.20. The fraction of sp³-hybridized carbons (Fsp3) is 0.500. The van der Waals surface area contributed by atoms with E-state index >= 15 is 0 Å². The van der Waals surface area contributed by atoms with Crippen LogP contribution in [-0.2, 0) is 9.59 Å². The van der Waals surface area contributed by atoms with Crippen LogP contribution in [0.15, 0.2) is 18.2 Å². The van der Waals surface area contributed by atoms with E-state index in [1.54, 1.807) is 18.2 Å². The van der Waals surface area contributed by atoms with Gasteiger partial charge in [-0.25, -0.2) is 0 Å². The highest BCUT2D eigenvalue weighted by molar-refractivity contribution is 5.91. The molecule has 1 unspecified atom stereocenters. The first-order chi connectivity index (χ1) is 11.1. The quantitative estimate of drug-likeness (QED) is 0.660. The van der Waals surface area contributed by atoms with Gasteiger partial charge in [0, 0.05) is 18.2 Å². The van der Waals surface area contributed by atoms with Crippen molar-refractivity contribution in [2.75, 3.05) is 32.1 Å². The SMILES string of the molecule is COc1ccc(NC(=O)CCC2CCNC2)cc1OCC(N)=O. The maximum Gasteiger partial charge on any atom is 0.255 e. The van der Waals surface area contributed by atoms with E-state index in [1.165, 1.54) is 7.11 Å². The fourth-order valence-corrected chi connectivity index (χ4v) is 2.54. The first-order valence-electron chi connectivity index (χ1n) is 7.68. The Morgan fingerprint density at radius 1 is 1.39 bits per heavy atom. The van der Waals surface area contributed by atoms with E-state index in [9.17, 15) is 9.59 Å². The number of amides is 2. The van der Waals surface area contributed by atoms with Crippen molar-refractivity contribution in [1.82, 2.24) is 5.32 Å². The van der Waals surface area contributed by atoms with E-state index in [0.29, 0.717) is 29.5 Å². The normalized spacial score (nSPS) is 16.8. The zero-order valence-electron chi connectivity index (χ0n) is 13.3. The maximum absolute atomic E-state index is 12.0. The molecule has 2 rings (SSSR count). The number of carbonyl (C=O) groups excluding carboxylic acids is 2. The van der Waals surface area contributed by atoms with Gasteiger partial charge in [0.15, 0.2) is 18.1 Å². The summed E-state index contributed by atoms with van der Waals surface area (Å²) in [4.78, 5) is 22.9. The van der Waals surface area contributed by atoms with Gasteiger partial charge in [-0.05, 0) is 44.0 Å². The van der Waals surface area contributed by atoms with E-state index in [-0.39, 0.29) is 12.5 Å². The number of methoxy groups -OCH3 is 1. The van der Waals surface area contributed by atoms with Crippen molar-refractivity contribution in [3.8, 4) is 11.5 Å². The second kappa shape index (κ2) is 8.38. The van der Waals surface area contributed by atoms with E-state index in [2.05, 4.69) is 10.6 Å². The van der Waals surface area contributed by atoms with Crippen molar-refractivity contribution in [1.29, 1.82) is 0 Å². The molecule has 1 atom stereocenters. The lowest BCUT2D eigenvalue weighted by molar-refractivity contribution is -0.120. The van der Waals surface area contributed by atoms with Crippen molar-refractivity contribution in [3.05, 3.63) is 18.2 Å². The summed E-state index contributed by atoms with van der Waals surface area (Å²) in [6.07, 6.45) is 2.48. The van der Waals surface area contributed by atoms with E-state index in [1.807, 2.05) is 0 Å². The van der Waals surface area contributed by atoms with Crippen molar-refractivity contribution in [2.24, 2.45) is 11.7 Å². The van der Waals surface area contributed by atoms with Crippen molar-refractivity contribution in [2.45, 2.75) is 19.3 Å². The van der Waals surface area contributed by atoms with Gasteiger partial charge in [-0.2, -0.15) is 0 Å². The number of hydrogen-bond acceptors (Lipinski definition) is 5. The molecule has 0 bridgehead atoms.